The monoisotopic (exact) mass is 396 g/mol. The second-order valence-corrected chi connectivity index (χ2v) is 6.36. The van der Waals surface area contributed by atoms with Gasteiger partial charge >= 0.3 is 6.43 Å². The Balaban J connectivity index is 1.46. The lowest BCUT2D eigenvalue weighted by molar-refractivity contribution is 0.116. The van der Waals surface area contributed by atoms with Crippen LogP contribution in [0.1, 0.15) is 24.8 Å². The zero-order valence-corrected chi connectivity index (χ0v) is 15.6. The number of nitrogens with zero attached hydrogens (tertiary/aromatic N) is 5. The molecule has 148 valence electrons. The van der Waals surface area contributed by atoms with Gasteiger partial charge in [-0.05, 0) is 36.8 Å². The number of aromatic nitrogens is 5. The number of hydrogen-bond acceptors (Lipinski definition) is 6. The van der Waals surface area contributed by atoms with Gasteiger partial charge in [-0.25, -0.2) is 4.68 Å². The van der Waals surface area contributed by atoms with Crippen LogP contribution in [0.4, 0.5) is 14.5 Å². The van der Waals surface area contributed by atoms with Crippen LogP contribution < -0.4 is 5.32 Å². The van der Waals surface area contributed by atoms with Crippen LogP contribution in [-0.2, 0) is 6.54 Å². The summed E-state index contributed by atoms with van der Waals surface area (Å²) in [4.78, 5) is 0. The van der Waals surface area contributed by atoms with Crippen molar-refractivity contribution in [1.82, 2.24) is 25.2 Å². The predicted octanol–water partition coefficient (Wildman–Crippen LogP) is 4.41. The maximum absolute atomic E-state index is 12.6. The lowest BCUT2D eigenvalue weighted by atomic mass is 10.1. The molecule has 2 aromatic carbocycles. The van der Waals surface area contributed by atoms with Crippen molar-refractivity contribution >= 4 is 5.69 Å². The zero-order chi connectivity index (χ0) is 20.2. The van der Waals surface area contributed by atoms with Crippen LogP contribution >= 0.6 is 0 Å². The molecule has 1 N–H and O–H groups in total. The van der Waals surface area contributed by atoms with Crippen LogP contribution in [0.2, 0.25) is 0 Å². The second-order valence-electron chi connectivity index (χ2n) is 6.36. The lowest BCUT2D eigenvalue weighted by Gasteiger charge is -2.04. The maximum atomic E-state index is 12.6. The van der Waals surface area contributed by atoms with Crippen LogP contribution in [0, 0.1) is 0 Å². The Morgan fingerprint density at radius 3 is 2.59 bits per heavy atom. The number of alkyl halides is 2. The van der Waals surface area contributed by atoms with Gasteiger partial charge in [-0.15, -0.1) is 15.3 Å². The van der Waals surface area contributed by atoms with Crippen molar-refractivity contribution < 1.29 is 13.2 Å². The number of anilines is 1. The van der Waals surface area contributed by atoms with Crippen molar-refractivity contribution in [3.63, 3.8) is 0 Å². The molecule has 0 saturated carbocycles. The molecule has 0 radical (unpaired) electrons. The molecule has 0 aliphatic carbocycles. The topological polar surface area (TPSA) is 81.7 Å². The summed E-state index contributed by atoms with van der Waals surface area (Å²) in [6.07, 6.45) is -0.901. The Kier molecular flexibility index (Phi) is 5.28. The van der Waals surface area contributed by atoms with Gasteiger partial charge in [0.15, 0.2) is 0 Å². The van der Waals surface area contributed by atoms with Crippen molar-refractivity contribution in [2.75, 3.05) is 11.9 Å². The van der Waals surface area contributed by atoms with Crippen LogP contribution in [0.15, 0.2) is 59.1 Å². The van der Waals surface area contributed by atoms with Crippen molar-refractivity contribution in [2.24, 2.45) is 0 Å². The fraction of sp³-hybridized carbons (Fsp3) is 0.200. The lowest BCUT2D eigenvalue weighted by Crippen LogP contribution is -2.00. The summed E-state index contributed by atoms with van der Waals surface area (Å²) in [5.41, 5.74) is 4.35. The fourth-order valence-electron chi connectivity index (χ4n) is 2.88. The molecule has 0 fully saturated rings. The molecule has 9 heteroatoms. The molecule has 2 aromatic heterocycles. The Bertz CT molecular complexity index is 1090. The minimum atomic E-state index is -2.78. The van der Waals surface area contributed by atoms with Gasteiger partial charge in [0.25, 0.3) is 5.89 Å². The van der Waals surface area contributed by atoms with E-state index in [0.717, 1.165) is 29.1 Å². The maximum Gasteiger partial charge on any atom is 0.314 e. The summed E-state index contributed by atoms with van der Waals surface area (Å²) >= 11 is 0. The van der Waals surface area contributed by atoms with E-state index in [-0.39, 0.29) is 5.89 Å². The third kappa shape index (κ3) is 4.29. The summed E-state index contributed by atoms with van der Waals surface area (Å²) in [7, 11) is 0. The summed E-state index contributed by atoms with van der Waals surface area (Å²) in [6.45, 7) is 3.41. The van der Waals surface area contributed by atoms with Gasteiger partial charge < -0.3 is 9.73 Å². The van der Waals surface area contributed by atoms with Gasteiger partial charge in [-0.3, -0.25) is 0 Å². The molecule has 0 aliphatic rings. The van der Waals surface area contributed by atoms with Crippen molar-refractivity contribution in [3.05, 3.63) is 66.2 Å². The third-order valence-corrected chi connectivity index (χ3v) is 4.25. The first kappa shape index (κ1) is 18.7. The SMILES string of the molecule is CCNc1cccc(-c2cn(Cc3ccc(-c4nnc(C(F)F)o4)cc3)nn2)c1. The second kappa shape index (κ2) is 8.17. The van der Waals surface area contributed by atoms with Crippen molar-refractivity contribution in [2.45, 2.75) is 19.9 Å². The Morgan fingerprint density at radius 2 is 1.86 bits per heavy atom. The largest absolute Gasteiger partial charge is 0.415 e. The number of halogens is 2. The summed E-state index contributed by atoms with van der Waals surface area (Å²) in [5, 5.41) is 18.7. The summed E-state index contributed by atoms with van der Waals surface area (Å²) in [6, 6.07) is 15.2. The number of nitrogens with one attached hydrogen (secondary N) is 1. The smallest absolute Gasteiger partial charge is 0.314 e. The van der Waals surface area contributed by atoms with Crippen LogP contribution in [0.5, 0.6) is 0 Å². The van der Waals surface area contributed by atoms with Crippen LogP contribution in [0.3, 0.4) is 0 Å². The molecular weight excluding hydrogens is 378 g/mol. The first-order valence-corrected chi connectivity index (χ1v) is 9.07. The molecule has 7 nitrogen and oxygen atoms in total. The van der Waals surface area contributed by atoms with Crippen LogP contribution in [0.25, 0.3) is 22.7 Å². The summed E-state index contributed by atoms with van der Waals surface area (Å²) < 4.78 is 31.9. The number of hydrogen-bond donors (Lipinski definition) is 1. The Labute approximate surface area is 165 Å². The predicted molar refractivity (Wildman–Crippen MR) is 103 cm³/mol. The molecule has 0 saturated heterocycles. The highest BCUT2D eigenvalue weighted by Gasteiger charge is 2.16. The average molecular weight is 396 g/mol. The van der Waals surface area contributed by atoms with E-state index in [9.17, 15) is 8.78 Å². The number of rotatable bonds is 7. The van der Waals surface area contributed by atoms with Gasteiger partial charge in [0, 0.05) is 23.4 Å². The summed E-state index contributed by atoms with van der Waals surface area (Å²) in [5.74, 6) is -0.618. The van der Waals surface area contributed by atoms with E-state index in [4.69, 9.17) is 4.42 Å². The van der Waals surface area contributed by atoms with E-state index < -0.39 is 12.3 Å². The quantitative estimate of drug-likeness (QED) is 0.498. The van der Waals surface area contributed by atoms with Crippen molar-refractivity contribution in [3.8, 4) is 22.7 Å². The molecule has 0 atom stereocenters. The normalized spacial score (nSPS) is 11.2. The molecule has 0 bridgehead atoms. The Hall–Kier alpha value is -3.62. The van der Waals surface area contributed by atoms with E-state index in [1.54, 1.807) is 16.8 Å². The van der Waals surface area contributed by atoms with Gasteiger partial charge in [0.1, 0.15) is 5.69 Å². The first-order chi connectivity index (χ1) is 14.1. The highest BCUT2D eigenvalue weighted by Crippen LogP contribution is 2.24. The van der Waals surface area contributed by atoms with Gasteiger partial charge in [-0.2, -0.15) is 8.78 Å². The van der Waals surface area contributed by atoms with Crippen molar-refractivity contribution in [1.29, 1.82) is 0 Å². The molecule has 0 spiro atoms. The molecule has 4 rings (SSSR count). The highest BCUT2D eigenvalue weighted by molar-refractivity contribution is 5.64. The fourth-order valence-corrected chi connectivity index (χ4v) is 2.88. The highest BCUT2D eigenvalue weighted by atomic mass is 19.3. The van der Waals surface area contributed by atoms with Gasteiger partial charge in [-0.1, -0.05) is 29.5 Å². The molecular formula is C20H18F2N6O. The zero-order valence-electron chi connectivity index (χ0n) is 15.6. The first-order valence-electron chi connectivity index (χ1n) is 9.07. The molecule has 0 unspecified atom stereocenters. The van der Waals surface area contributed by atoms with Gasteiger partial charge in [0.05, 0.1) is 12.7 Å². The minimum absolute atomic E-state index is 0.0652. The molecule has 0 aliphatic heterocycles. The Morgan fingerprint density at radius 1 is 1.03 bits per heavy atom. The molecule has 2 heterocycles. The van der Waals surface area contributed by atoms with Crippen LogP contribution in [-0.4, -0.2) is 31.7 Å². The van der Waals surface area contributed by atoms with E-state index in [1.807, 2.05) is 49.5 Å². The molecule has 0 amide bonds. The van der Waals surface area contributed by atoms with E-state index in [0.29, 0.717) is 12.1 Å². The molecule has 4 aromatic rings. The standard InChI is InChI=1S/C20H18F2N6O/c1-2-23-16-5-3-4-15(10-16)17-12-28(27-24-17)11-13-6-8-14(9-7-13)19-25-26-20(29-19)18(21)22/h3-10,12,18,23H,2,11H2,1H3. The molecule has 29 heavy (non-hydrogen) atoms. The minimum Gasteiger partial charge on any atom is -0.415 e. The van der Waals surface area contributed by atoms with E-state index >= 15 is 0 Å². The van der Waals surface area contributed by atoms with E-state index in [1.165, 1.54) is 0 Å². The van der Waals surface area contributed by atoms with Gasteiger partial charge in [0.2, 0.25) is 5.89 Å². The third-order valence-electron chi connectivity index (χ3n) is 4.25. The van der Waals surface area contributed by atoms with E-state index in [2.05, 4.69) is 25.8 Å². The number of benzene rings is 2. The average Bonchev–Trinajstić information content (AvgIpc) is 3.39.